The second-order valence-corrected chi connectivity index (χ2v) is 6.90. The molecule has 3 aromatic rings. The lowest BCUT2D eigenvalue weighted by molar-refractivity contribution is 0.102. The molecule has 0 atom stereocenters. The van der Waals surface area contributed by atoms with Gasteiger partial charge in [-0.1, -0.05) is 18.2 Å². The van der Waals surface area contributed by atoms with Crippen LogP contribution in [0.15, 0.2) is 67.0 Å². The Morgan fingerprint density at radius 2 is 1.69 bits per heavy atom. The quantitative estimate of drug-likeness (QED) is 0.567. The van der Waals surface area contributed by atoms with Crippen molar-refractivity contribution in [2.24, 2.45) is 0 Å². The summed E-state index contributed by atoms with van der Waals surface area (Å²) in [6.07, 6.45) is 3.08. The Morgan fingerprint density at radius 3 is 2.42 bits per heavy atom. The predicted octanol–water partition coefficient (Wildman–Crippen LogP) is 4.50. The molecule has 0 aliphatic heterocycles. The molecule has 0 bridgehead atoms. The van der Waals surface area contributed by atoms with Crippen LogP contribution in [0.4, 0.5) is 11.4 Å². The summed E-state index contributed by atoms with van der Waals surface area (Å²) in [6.45, 7) is 1.93. The molecule has 3 rings (SSSR count). The van der Waals surface area contributed by atoms with Crippen molar-refractivity contribution in [3.63, 3.8) is 0 Å². The molecule has 1 aromatic heterocycles. The molecule has 0 fully saturated rings. The summed E-state index contributed by atoms with van der Waals surface area (Å²) in [6, 6.07) is 16.2. The predicted molar refractivity (Wildman–Crippen MR) is 110 cm³/mol. The third-order valence-corrected chi connectivity index (χ3v) is 4.46. The lowest BCUT2D eigenvalue weighted by Crippen LogP contribution is -2.19. The van der Waals surface area contributed by atoms with E-state index in [-0.39, 0.29) is 11.8 Å². The summed E-state index contributed by atoms with van der Waals surface area (Å²) >= 11 is 2.14. The minimum atomic E-state index is -0.316. The first kappa shape index (κ1) is 18.1. The second kappa shape index (κ2) is 8.09. The van der Waals surface area contributed by atoms with Gasteiger partial charge in [-0.3, -0.25) is 14.6 Å². The van der Waals surface area contributed by atoms with Crippen molar-refractivity contribution in [2.75, 3.05) is 10.6 Å². The van der Waals surface area contributed by atoms with Crippen LogP contribution in [0, 0.1) is 10.5 Å². The average Bonchev–Trinajstić information content (AvgIpc) is 2.65. The number of hydrogen-bond acceptors (Lipinski definition) is 3. The molecule has 0 radical (unpaired) electrons. The van der Waals surface area contributed by atoms with Gasteiger partial charge in [0.05, 0.1) is 16.8 Å². The molecule has 1 heterocycles. The number of amides is 2. The molecule has 26 heavy (non-hydrogen) atoms. The first-order valence-corrected chi connectivity index (χ1v) is 9.00. The number of nitrogens with one attached hydrogen (secondary N) is 2. The number of para-hydroxylation sites is 1. The molecule has 0 spiro atoms. The number of aryl methyl sites for hydroxylation is 1. The molecular weight excluding hydrogens is 441 g/mol. The minimum absolute atomic E-state index is 0.278. The van der Waals surface area contributed by atoms with E-state index in [0.717, 1.165) is 14.8 Å². The molecular formula is C20H16IN3O2. The molecule has 0 unspecified atom stereocenters. The monoisotopic (exact) mass is 457 g/mol. The Morgan fingerprint density at radius 1 is 0.923 bits per heavy atom. The van der Waals surface area contributed by atoms with E-state index in [1.165, 1.54) is 6.20 Å². The van der Waals surface area contributed by atoms with Crippen molar-refractivity contribution in [1.82, 2.24) is 4.98 Å². The maximum absolute atomic E-state index is 12.8. The maximum atomic E-state index is 12.8. The Labute approximate surface area is 165 Å². The summed E-state index contributed by atoms with van der Waals surface area (Å²) in [5.74, 6) is -0.594. The van der Waals surface area contributed by atoms with E-state index in [4.69, 9.17) is 0 Å². The number of hydrogen-bond donors (Lipinski definition) is 2. The number of benzene rings is 2. The van der Waals surface area contributed by atoms with Crippen molar-refractivity contribution >= 4 is 45.8 Å². The fraction of sp³-hybridized carbons (Fsp3) is 0.0500. The van der Waals surface area contributed by atoms with Gasteiger partial charge in [-0.15, -0.1) is 0 Å². The molecule has 2 aromatic carbocycles. The van der Waals surface area contributed by atoms with E-state index in [0.29, 0.717) is 16.8 Å². The second-order valence-electron chi connectivity index (χ2n) is 5.65. The van der Waals surface area contributed by atoms with Crippen molar-refractivity contribution in [2.45, 2.75) is 6.92 Å². The Kier molecular flexibility index (Phi) is 5.62. The Hall–Kier alpha value is -2.74. The van der Waals surface area contributed by atoms with Gasteiger partial charge in [0, 0.05) is 21.7 Å². The first-order chi connectivity index (χ1) is 12.5. The molecule has 0 saturated heterocycles. The van der Waals surface area contributed by atoms with E-state index in [1.54, 1.807) is 30.5 Å². The number of pyridine rings is 1. The largest absolute Gasteiger partial charge is 0.322 e. The lowest BCUT2D eigenvalue weighted by atomic mass is 10.1. The number of anilines is 2. The topological polar surface area (TPSA) is 71.1 Å². The highest BCUT2D eigenvalue weighted by molar-refractivity contribution is 14.1. The van der Waals surface area contributed by atoms with Gasteiger partial charge >= 0.3 is 0 Å². The highest BCUT2D eigenvalue weighted by atomic mass is 127. The van der Waals surface area contributed by atoms with Crippen LogP contribution in [0.25, 0.3) is 0 Å². The van der Waals surface area contributed by atoms with Gasteiger partial charge in [0.15, 0.2) is 0 Å². The number of aromatic nitrogens is 1. The van der Waals surface area contributed by atoms with Crippen LogP contribution in [0.3, 0.4) is 0 Å². The third kappa shape index (κ3) is 4.26. The van der Waals surface area contributed by atoms with Gasteiger partial charge in [-0.05, 0) is 71.5 Å². The number of halogens is 1. The van der Waals surface area contributed by atoms with Crippen LogP contribution in [0.5, 0.6) is 0 Å². The maximum Gasteiger partial charge on any atom is 0.257 e. The Balaban J connectivity index is 1.87. The van der Waals surface area contributed by atoms with Crippen molar-refractivity contribution in [3.05, 3.63) is 87.3 Å². The third-order valence-electron chi connectivity index (χ3n) is 3.79. The van der Waals surface area contributed by atoms with E-state index in [2.05, 4.69) is 38.2 Å². The number of nitrogens with zero attached hydrogens (tertiary/aromatic N) is 1. The standard InChI is InChI=1S/C20H16IN3O2/c1-13-5-2-3-7-17(13)23-20(26)16-11-15(21)8-9-18(16)24-19(25)14-6-4-10-22-12-14/h2-12H,1H3,(H,23,26)(H,24,25). The van der Waals surface area contributed by atoms with Crippen LogP contribution in [-0.4, -0.2) is 16.8 Å². The molecule has 2 amide bonds. The van der Waals surface area contributed by atoms with Gasteiger partial charge in [-0.2, -0.15) is 0 Å². The van der Waals surface area contributed by atoms with Crippen molar-refractivity contribution in [3.8, 4) is 0 Å². The van der Waals surface area contributed by atoms with Crippen LogP contribution < -0.4 is 10.6 Å². The van der Waals surface area contributed by atoms with Gasteiger partial charge in [0.1, 0.15) is 0 Å². The zero-order valence-electron chi connectivity index (χ0n) is 14.0. The normalized spacial score (nSPS) is 10.2. The van der Waals surface area contributed by atoms with Gasteiger partial charge in [-0.25, -0.2) is 0 Å². The van der Waals surface area contributed by atoms with E-state index >= 15 is 0 Å². The Bertz CT molecular complexity index is 958. The zero-order chi connectivity index (χ0) is 18.5. The van der Waals surface area contributed by atoms with Gasteiger partial charge < -0.3 is 10.6 Å². The van der Waals surface area contributed by atoms with E-state index in [1.807, 2.05) is 37.3 Å². The number of carbonyl (C=O) groups excluding carboxylic acids is 2. The van der Waals surface area contributed by atoms with Crippen molar-refractivity contribution < 1.29 is 9.59 Å². The summed E-state index contributed by atoms with van der Waals surface area (Å²) in [4.78, 5) is 29.1. The van der Waals surface area contributed by atoms with Gasteiger partial charge in [0.2, 0.25) is 0 Å². The highest BCUT2D eigenvalue weighted by Gasteiger charge is 2.16. The summed E-state index contributed by atoms with van der Waals surface area (Å²) in [7, 11) is 0. The fourth-order valence-electron chi connectivity index (χ4n) is 2.41. The summed E-state index contributed by atoms with van der Waals surface area (Å²) < 4.78 is 0.900. The van der Waals surface area contributed by atoms with Crippen molar-refractivity contribution in [1.29, 1.82) is 0 Å². The SMILES string of the molecule is Cc1ccccc1NC(=O)c1cc(I)ccc1NC(=O)c1cccnc1. The molecule has 130 valence electrons. The van der Waals surface area contributed by atoms with Crippen LogP contribution >= 0.6 is 22.6 Å². The van der Waals surface area contributed by atoms with E-state index in [9.17, 15) is 9.59 Å². The van der Waals surface area contributed by atoms with E-state index < -0.39 is 0 Å². The number of rotatable bonds is 4. The minimum Gasteiger partial charge on any atom is -0.322 e. The highest BCUT2D eigenvalue weighted by Crippen LogP contribution is 2.22. The first-order valence-electron chi connectivity index (χ1n) is 7.92. The van der Waals surface area contributed by atoms with Crippen LogP contribution in [0.1, 0.15) is 26.3 Å². The molecule has 0 aliphatic rings. The summed E-state index contributed by atoms with van der Waals surface area (Å²) in [5, 5.41) is 5.69. The molecule has 5 nitrogen and oxygen atoms in total. The van der Waals surface area contributed by atoms with Crippen LogP contribution in [0.2, 0.25) is 0 Å². The molecule has 0 saturated carbocycles. The summed E-state index contributed by atoms with van der Waals surface area (Å²) in [5.41, 5.74) is 2.98. The average molecular weight is 457 g/mol. The molecule has 6 heteroatoms. The van der Waals surface area contributed by atoms with Crippen LogP contribution in [-0.2, 0) is 0 Å². The number of carbonyl (C=O) groups is 2. The lowest BCUT2D eigenvalue weighted by Gasteiger charge is -2.13. The fourth-order valence-corrected chi connectivity index (χ4v) is 2.90. The smallest absolute Gasteiger partial charge is 0.257 e. The zero-order valence-corrected chi connectivity index (χ0v) is 16.2. The molecule has 0 aliphatic carbocycles. The molecule has 2 N–H and O–H groups in total. The van der Waals surface area contributed by atoms with Gasteiger partial charge in [0.25, 0.3) is 11.8 Å².